The minimum absolute atomic E-state index is 0.00316. The molecule has 278 valence electrons. The van der Waals surface area contributed by atoms with E-state index in [2.05, 4.69) is 31.3 Å². The standard InChI is InChI=1S/C33H50N12O6/c1-19(27(35)47)42-30(50)25(17-20-7-3-2-4-8-20)45-29(49)24(10-6-16-41-33(38)39)43-31(51)26(18-21-11-13-22(46)14-12-21)44-28(48)23(34)9-5-15-40-32(36)37/h2-4,7-8,11-14,19,23-26,46H,5-6,9-10,15-18,34H2,1H3,(H2,35,47)(H,42,50)(H,43,51)(H,44,48)(H,45,49)(H4,36,37,40)(H4,38,39,41)/t19-,23+,24-,25+,26+/m1/s1. The predicted octanol–water partition coefficient (Wildman–Crippen LogP) is -2.94. The molecule has 18 heteroatoms. The van der Waals surface area contributed by atoms with Crippen molar-refractivity contribution in [3.8, 4) is 5.75 Å². The summed E-state index contributed by atoms with van der Waals surface area (Å²) in [6.45, 7) is 1.79. The maximum Gasteiger partial charge on any atom is 0.243 e. The van der Waals surface area contributed by atoms with E-state index in [4.69, 9.17) is 34.4 Å². The average molecular weight is 711 g/mol. The van der Waals surface area contributed by atoms with E-state index in [1.807, 2.05) is 0 Å². The normalized spacial score (nSPS) is 13.6. The topological polar surface area (TPSA) is 335 Å². The van der Waals surface area contributed by atoms with Crippen LogP contribution in [0.5, 0.6) is 5.75 Å². The van der Waals surface area contributed by atoms with Gasteiger partial charge in [0.2, 0.25) is 29.5 Å². The third kappa shape index (κ3) is 15.9. The van der Waals surface area contributed by atoms with Crippen molar-refractivity contribution in [1.29, 1.82) is 0 Å². The number of hydrogen-bond donors (Lipinski definition) is 11. The first kappa shape index (κ1) is 41.3. The van der Waals surface area contributed by atoms with Crippen LogP contribution in [0.3, 0.4) is 0 Å². The second-order valence-corrected chi connectivity index (χ2v) is 11.9. The monoisotopic (exact) mass is 710 g/mol. The molecule has 0 aromatic heterocycles. The number of nitrogens with two attached hydrogens (primary N) is 6. The van der Waals surface area contributed by atoms with Crippen LogP contribution in [0.1, 0.15) is 43.7 Å². The molecule has 0 bridgehead atoms. The molecule has 2 aromatic rings. The number of carbonyl (C=O) groups is 5. The first-order valence-corrected chi connectivity index (χ1v) is 16.3. The number of phenols is 1. The van der Waals surface area contributed by atoms with Gasteiger partial charge in [-0.05, 0) is 55.9 Å². The summed E-state index contributed by atoms with van der Waals surface area (Å²) in [5.74, 6) is -3.76. The molecule has 0 spiro atoms. The Morgan fingerprint density at radius 2 is 1.08 bits per heavy atom. The molecule has 0 saturated heterocycles. The van der Waals surface area contributed by atoms with Gasteiger partial charge in [0.25, 0.3) is 0 Å². The number of guanidine groups is 2. The maximum absolute atomic E-state index is 13.9. The number of benzene rings is 2. The molecule has 2 aromatic carbocycles. The van der Waals surface area contributed by atoms with Crippen LogP contribution in [0.2, 0.25) is 0 Å². The molecule has 0 radical (unpaired) electrons. The molecule has 5 atom stereocenters. The Morgan fingerprint density at radius 1 is 0.627 bits per heavy atom. The second kappa shape index (κ2) is 21.2. The van der Waals surface area contributed by atoms with Crippen molar-refractivity contribution >= 4 is 41.5 Å². The minimum atomic E-state index is -1.22. The van der Waals surface area contributed by atoms with Gasteiger partial charge in [-0.15, -0.1) is 0 Å². The van der Waals surface area contributed by atoms with E-state index in [-0.39, 0.29) is 62.9 Å². The third-order valence-corrected chi connectivity index (χ3v) is 7.59. The highest BCUT2D eigenvalue weighted by atomic mass is 16.3. The molecular weight excluding hydrogens is 660 g/mol. The molecular formula is C33H50N12O6. The van der Waals surface area contributed by atoms with Gasteiger partial charge in [-0.1, -0.05) is 42.5 Å². The Labute approximate surface area is 296 Å². The van der Waals surface area contributed by atoms with Crippen molar-refractivity contribution < 1.29 is 29.1 Å². The molecule has 18 nitrogen and oxygen atoms in total. The van der Waals surface area contributed by atoms with Crippen LogP contribution in [-0.4, -0.2) is 89.9 Å². The Morgan fingerprint density at radius 3 is 1.61 bits per heavy atom. The molecule has 0 saturated carbocycles. The Kier molecular flexibility index (Phi) is 17.2. The van der Waals surface area contributed by atoms with Gasteiger partial charge < -0.3 is 60.8 Å². The quantitative estimate of drug-likeness (QED) is 0.0353. The van der Waals surface area contributed by atoms with Gasteiger partial charge in [-0.3, -0.25) is 34.0 Å². The van der Waals surface area contributed by atoms with Crippen LogP contribution in [0.25, 0.3) is 0 Å². The number of primary amides is 1. The second-order valence-electron chi connectivity index (χ2n) is 11.9. The van der Waals surface area contributed by atoms with Crippen molar-refractivity contribution in [2.24, 2.45) is 44.4 Å². The number of nitrogens with one attached hydrogen (secondary N) is 4. The van der Waals surface area contributed by atoms with Crippen molar-refractivity contribution in [2.75, 3.05) is 13.1 Å². The smallest absolute Gasteiger partial charge is 0.243 e. The zero-order chi connectivity index (χ0) is 37.9. The lowest BCUT2D eigenvalue weighted by Crippen LogP contribution is -2.59. The molecule has 17 N–H and O–H groups in total. The number of carbonyl (C=O) groups excluding carboxylic acids is 5. The summed E-state index contributed by atoms with van der Waals surface area (Å²) in [5.41, 5.74) is 34.3. The van der Waals surface area contributed by atoms with Crippen molar-refractivity contribution in [1.82, 2.24) is 21.3 Å². The van der Waals surface area contributed by atoms with Crippen molar-refractivity contribution in [3.63, 3.8) is 0 Å². The van der Waals surface area contributed by atoms with Gasteiger partial charge in [0.1, 0.15) is 29.9 Å². The molecule has 0 aliphatic heterocycles. The fourth-order valence-corrected chi connectivity index (χ4v) is 4.77. The van der Waals surface area contributed by atoms with Gasteiger partial charge in [-0.25, -0.2) is 0 Å². The zero-order valence-electron chi connectivity index (χ0n) is 28.6. The fraction of sp³-hybridized carbons (Fsp3) is 0.424. The van der Waals surface area contributed by atoms with Crippen LogP contribution in [0, 0.1) is 0 Å². The molecule has 51 heavy (non-hydrogen) atoms. The summed E-state index contributed by atoms with van der Waals surface area (Å²) in [7, 11) is 0. The number of nitrogens with zero attached hydrogens (tertiary/aromatic N) is 2. The SMILES string of the molecule is C[C@@H](NC(=O)[C@H](Cc1ccccc1)NC(=O)[C@@H](CCCN=C(N)N)NC(=O)[C@H](Cc1ccc(O)cc1)NC(=O)[C@@H](N)CCCN=C(N)N)C(N)=O. The maximum atomic E-state index is 13.9. The van der Waals surface area contributed by atoms with Gasteiger partial charge in [0.15, 0.2) is 11.9 Å². The van der Waals surface area contributed by atoms with E-state index in [1.54, 1.807) is 42.5 Å². The first-order valence-electron chi connectivity index (χ1n) is 16.3. The van der Waals surface area contributed by atoms with E-state index in [9.17, 15) is 29.1 Å². The number of amides is 5. The molecule has 0 aliphatic rings. The molecule has 0 heterocycles. The minimum Gasteiger partial charge on any atom is -0.508 e. The van der Waals surface area contributed by atoms with E-state index >= 15 is 0 Å². The third-order valence-electron chi connectivity index (χ3n) is 7.59. The summed E-state index contributed by atoms with van der Waals surface area (Å²) >= 11 is 0. The highest BCUT2D eigenvalue weighted by molar-refractivity contribution is 5.96. The van der Waals surface area contributed by atoms with Gasteiger partial charge in [-0.2, -0.15) is 0 Å². The zero-order valence-corrected chi connectivity index (χ0v) is 28.6. The predicted molar refractivity (Wildman–Crippen MR) is 192 cm³/mol. The van der Waals surface area contributed by atoms with Crippen molar-refractivity contribution in [3.05, 3.63) is 65.7 Å². The van der Waals surface area contributed by atoms with Crippen molar-refractivity contribution in [2.45, 2.75) is 75.7 Å². The summed E-state index contributed by atoms with van der Waals surface area (Å²) in [6.07, 6.45) is 0.931. The van der Waals surface area contributed by atoms with E-state index in [0.29, 0.717) is 17.5 Å². The van der Waals surface area contributed by atoms with Crippen LogP contribution in [0.15, 0.2) is 64.6 Å². The summed E-state index contributed by atoms with van der Waals surface area (Å²) in [4.78, 5) is 73.5. The summed E-state index contributed by atoms with van der Waals surface area (Å²) < 4.78 is 0. The Balaban J connectivity index is 2.35. The number of hydrogen-bond acceptors (Lipinski definition) is 9. The van der Waals surface area contributed by atoms with Gasteiger partial charge >= 0.3 is 0 Å². The molecule has 0 fully saturated rings. The van der Waals surface area contributed by atoms with E-state index in [1.165, 1.54) is 19.1 Å². The number of aromatic hydroxyl groups is 1. The Hall–Kier alpha value is -5.91. The lowest BCUT2D eigenvalue weighted by Gasteiger charge is -2.26. The number of rotatable bonds is 21. The van der Waals surface area contributed by atoms with Gasteiger partial charge in [0.05, 0.1) is 6.04 Å². The lowest BCUT2D eigenvalue weighted by atomic mass is 10.0. The van der Waals surface area contributed by atoms with Crippen LogP contribution in [-0.2, 0) is 36.8 Å². The molecule has 0 aliphatic carbocycles. The Bertz CT molecular complexity index is 1510. The van der Waals surface area contributed by atoms with Crippen LogP contribution < -0.4 is 55.7 Å². The van der Waals surface area contributed by atoms with E-state index < -0.39 is 59.7 Å². The highest BCUT2D eigenvalue weighted by Crippen LogP contribution is 2.13. The lowest BCUT2D eigenvalue weighted by molar-refractivity contribution is -0.134. The average Bonchev–Trinajstić information content (AvgIpc) is 3.08. The van der Waals surface area contributed by atoms with Crippen LogP contribution in [0.4, 0.5) is 0 Å². The first-order chi connectivity index (χ1) is 24.2. The molecule has 2 rings (SSSR count). The van der Waals surface area contributed by atoms with Crippen LogP contribution >= 0.6 is 0 Å². The summed E-state index contributed by atoms with van der Waals surface area (Å²) in [5, 5.41) is 20.3. The van der Waals surface area contributed by atoms with Gasteiger partial charge in [0, 0.05) is 25.9 Å². The summed E-state index contributed by atoms with van der Waals surface area (Å²) in [6, 6.07) is 9.25. The largest absolute Gasteiger partial charge is 0.508 e. The molecule has 5 amide bonds. The number of phenolic OH excluding ortho intramolecular Hbond substituents is 1. The highest BCUT2D eigenvalue weighted by Gasteiger charge is 2.31. The molecule has 0 unspecified atom stereocenters. The number of aliphatic imine (C=N–C) groups is 2. The fourth-order valence-electron chi connectivity index (χ4n) is 4.77. The van der Waals surface area contributed by atoms with E-state index in [0.717, 1.165) is 0 Å².